The lowest BCUT2D eigenvalue weighted by Gasteiger charge is -2.31. The van der Waals surface area contributed by atoms with Crippen LogP contribution in [0, 0.1) is 0 Å². The molecule has 0 radical (unpaired) electrons. The van der Waals surface area contributed by atoms with Crippen LogP contribution in [0.3, 0.4) is 0 Å². The first-order valence-electron chi connectivity index (χ1n) is 7.23. The van der Waals surface area contributed by atoms with Crippen molar-refractivity contribution >= 4 is 47.2 Å². The van der Waals surface area contributed by atoms with Gasteiger partial charge in [0.2, 0.25) is 5.91 Å². The standard InChI is InChI=1S/C15H21Cl2N3O.ClH/c1-18-11-5-8-20(9-6-11)10-7-14(21)19-15-12(16)3-2-4-13(15)17;/h2-4,11,18H,5-10H2,1H3,(H,19,21);1H. The highest BCUT2D eigenvalue weighted by Gasteiger charge is 2.18. The summed E-state index contributed by atoms with van der Waals surface area (Å²) in [6, 6.07) is 5.79. The molecule has 4 nitrogen and oxygen atoms in total. The minimum absolute atomic E-state index is 0. The number of benzene rings is 1. The fourth-order valence-electron chi connectivity index (χ4n) is 2.52. The average Bonchev–Trinajstić information content (AvgIpc) is 2.49. The monoisotopic (exact) mass is 365 g/mol. The molecule has 1 aliphatic rings. The molecule has 0 saturated carbocycles. The summed E-state index contributed by atoms with van der Waals surface area (Å²) in [6.45, 7) is 2.83. The Bertz CT molecular complexity index is 471. The van der Waals surface area contributed by atoms with Crippen LogP contribution in [0.1, 0.15) is 19.3 Å². The van der Waals surface area contributed by atoms with Crippen LogP contribution in [0.4, 0.5) is 5.69 Å². The maximum absolute atomic E-state index is 12.0. The minimum Gasteiger partial charge on any atom is -0.324 e. The molecule has 1 aromatic rings. The molecule has 7 heteroatoms. The molecular formula is C15H22Cl3N3O. The molecule has 2 N–H and O–H groups in total. The van der Waals surface area contributed by atoms with Crippen LogP contribution in [0.5, 0.6) is 0 Å². The van der Waals surface area contributed by atoms with E-state index in [1.54, 1.807) is 18.2 Å². The second-order valence-electron chi connectivity index (χ2n) is 5.30. The van der Waals surface area contributed by atoms with Crippen LogP contribution in [-0.2, 0) is 4.79 Å². The molecule has 0 aromatic heterocycles. The number of anilines is 1. The molecule has 0 spiro atoms. The van der Waals surface area contributed by atoms with Crippen molar-refractivity contribution in [2.45, 2.75) is 25.3 Å². The third-order valence-corrected chi connectivity index (χ3v) is 4.51. The smallest absolute Gasteiger partial charge is 0.225 e. The molecule has 0 unspecified atom stereocenters. The number of hydrogen-bond acceptors (Lipinski definition) is 3. The Balaban J connectivity index is 0.00000242. The summed E-state index contributed by atoms with van der Waals surface area (Å²) in [4.78, 5) is 14.3. The molecule has 1 aliphatic heterocycles. The molecule has 0 aliphatic carbocycles. The predicted octanol–water partition coefficient (Wildman–Crippen LogP) is 3.43. The molecule has 0 bridgehead atoms. The van der Waals surface area contributed by atoms with E-state index in [9.17, 15) is 4.79 Å². The van der Waals surface area contributed by atoms with E-state index in [0.29, 0.717) is 28.2 Å². The number of carbonyl (C=O) groups is 1. The Morgan fingerprint density at radius 3 is 2.41 bits per heavy atom. The van der Waals surface area contributed by atoms with Gasteiger partial charge < -0.3 is 15.5 Å². The third kappa shape index (κ3) is 5.60. The van der Waals surface area contributed by atoms with Crippen LogP contribution in [0.15, 0.2) is 18.2 Å². The van der Waals surface area contributed by atoms with E-state index in [1.165, 1.54) is 0 Å². The van der Waals surface area contributed by atoms with Crippen LogP contribution in [0.25, 0.3) is 0 Å². The molecule has 1 saturated heterocycles. The lowest BCUT2D eigenvalue weighted by Crippen LogP contribution is -2.42. The van der Waals surface area contributed by atoms with Crippen molar-refractivity contribution in [3.63, 3.8) is 0 Å². The van der Waals surface area contributed by atoms with Crippen LogP contribution < -0.4 is 10.6 Å². The maximum atomic E-state index is 12.0. The van der Waals surface area contributed by atoms with Gasteiger partial charge >= 0.3 is 0 Å². The number of hydrogen-bond donors (Lipinski definition) is 2. The first-order valence-corrected chi connectivity index (χ1v) is 7.99. The van der Waals surface area contributed by atoms with Gasteiger partial charge in [0.05, 0.1) is 15.7 Å². The number of piperidine rings is 1. The summed E-state index contributed by atoms with van der Waals surface area (Å²) in [5.41, 5.74) is 0.500. The quantitative estimate of drug-likeness (QED) is 0.839. The molecule has 2 rings (SSSR count). The zero-order chi connectivity index (χ0) is 15.2. The SMILES string of the molecule is CNC1CCN(CCC(=O)Nc2c(Cl)cccc2Cl)CC1.Cl. The van der Waals surface area contributed by atoms with Crippen molar-refractivity contribution in [3.8, 4) is 0 Å². The Morgan fingerprint density at radius 2 is 1.86 bits per heavy atom. The number of para-hydroxylation sites is 1. The van der Waals surface area contributed by atoms with Crippen LogP contribution >= 0.6 is 35.6 Å². The second-order valence-corrected chi connectivity index (χ2v) is 6.11. The fourth-order valence-corrected chi connectivity index (χ4v) is 3.02. The molecular weight excluding hydrogens is 345 g/mol. The van der Waals surface area contributed by atoms with E-state index in [0.717, 1.165) is 32.5 Å². The van der Waals surface area contributed by atoms with Gasteiger partial charge in [-0.1, -0.05) is 29.3 Å². The predicted molar refractivity (Wildman–Crippen MR) is 95.5 cm³/mol. The average molecular weight is 367 g/mol. The van der Waals surface area contributed by atoms with Gasteiger partial charge in [-0.15, -0.1) is 12.4 Å². The fraction of sp³-hybridized carbons (Fsp3) is 0.533. The number of nitrogens with zero attached hydrogens (tertiary/aromatic N) is 1. The zero-order valence-electron chi connectivity index (χ0n) is 12.6. The van der Waals surface area contributed by atoms with Crippen molar-refractivity contribution in [2.75, 3.05) is 32.0 Å². The highest BCUT2D eigenvalue weighted by atomic mass is 35.5. The van der Waals surface area contributed by atoms with E-state index in [1.807, 2.05) is 7.05 Å². The van der Waals surface area contributed by atoms with Gasteiger partial charge in [-0.2, -0.15) is 0 Å². The Labute approximate surface area is 147 Å². The van der Waals surface area contributed by atoms with E-state index in [-0.39, 0.29) is 18.3 Å². The normalized spacial score (nSPS) is 16.1. The minimum atomic E-state index is -0.0549. The van der Waals surface area contributed by atoms with Gasteiger partial charge in [0.25, 0.3) is 0 Å². The Morgan fingerprint density at radius 1 is 1.27 bits per heavy atom. The number of halogens is 3. The summed E-state index contributed by atoms with van der Waals surface area (Å²) in [7, 11) is 2.00. The highest BCUT2D eigenvalue weighted by molar-refractivity contribution is 6.39. The molecule has 124 valence electrons. The Kier molecular flexibility index (Phi) is 8.50. The van der Waals surface area contributed by atoms with Crippen molar-refractivity contribution in [3.05, 3.63) is 28.2 Å². The van der Waals surface area contributed by atoms with Crippen molar-refractivity contribution < 1.29 is 4.79 Å². The topological polar surface area (TPSA) is 44.4 Å². The first-order chi connectivity index (χ1) is 10.1. The number of rotatable bonds is 5. The van der Waals surface area contributed by atoms with Gasteiger partial charge in [-0.3, -0.25) is 4.79 Å². The number of amides is 1. The number of likely N-dealkylation sites (tertiary alicyclic amines) is 1. The lowest BCUT2D eigenvalue weighted by atomic mass is 10.1. The molecule has 1 aromatic carbocycles. The number of carbonyl (C=O) groups excluding carboxylic acids is 1. The van der Waals surface area contributed by atoms with Gasteiger partial charge in [0.15, 0.2) is 0 Å². The molecule has 1 amide bonds. The van der Waals surface area contributed by atoms with Gasteiger partial charge in [-0.25, -0.2) is 0 Å². The van der Waals surface area contributed by atoms with Crippen LogP contribution in [-0.4, -0.2) is 43.5 Å². The maximum Gasteiger partial charge on any atom is 0.225 e. The highest BCUT2D eigenvalue weighted by Crippen LogP contribution is 2.29. The summed E-state index contributed by atoms with van der Waals surface area (Å²) in [6.07, 6.45) is 2.72. The summed E-state index contributed by atoms with van der Waals surface area (Å²) < 4.78 is 0. The molecule has 0 atom stereocenters. The van der Waals surface area contributed by atoms with E-state index in [2.05, 4.69) is 15.5 Å². The van der Waals surface area contributed by atoms with E-state index >= 15 is 0 Å². The molecule has 1 heterocycles. The van der Waals surface area contributed by atoms with Crippen molar-refractivity contribution in [1.29, 1.82) is 0 Å². The summed E-state index contributed by atoms with van der Waals surface area (Å²) in [5.74, 6) is -0.0549. The van der Waals surface area contributed by atoms with Gasteiger partial charge in [-0.05, 0) is 45.1 Å². The zero-order valence-corrected chi connectivity index (χ0v) is 14.9. The van der Waals surface area contributed by atoms with Crippen molar-refractivity contribution in [2.24, 2.45) is 0 Å². The van der Waals surface area contributed by atoms with Gasteiger partial charge in [0.1, 0.15) is 0 Å². The third-order valence-electron chi connectivity index (χ3n) is 3.88. The number of nitrogens with one attached hydrogen (secondary N) is 2. The van der Waals surface area contributed by atoms with Crippen LogP contribution in [0.2, 0.25) is 10.0 Å². The largest absolute Gasteiger partial charge is 0.324 e. The summed E-state index contributed by atoms with van der Waals surface area (Å²) >= 11 is 12.1. The van der Waals surface area contributed by atoms with E-state index in [4.69, 9.17) is 23.2 Å². The molecule has 1 fully saturated rings. The Hall–Kier alpha value is -0.520. The van der Waals surface area contributed by atoms with Gasteiger partial charge in [0, 0.05) is 19.0 Å². The molecule has 22 heavy (non-hydrogen) atoms. The second kappa shape index (κ2) is 9.58. The van der Waals surface area contributed by atoms with Crippen molar-refractivity contribution in [1.82, 2.24) is 10.2 Å². The summed E-state index contributed by atoms with van der Waals surface area (Å²) in [5, 5.41) is 7.02. The van der Waals surface area contributed by atoms with E-state index < -0.39 is 0 Å². The lowest BCUT2D eigenvalue weighted by molar-refractivity contribution is -0.116. The first kappa shape index (κ1) is 19.5.